The van der Waals surface area contributed by atoms with E-state index in [0.717, 1.165) is 11.1 Å². The normalized spacial score (nSPS) is 14.9. The molecule has 1 aliphatic rings. The molecule has 1 aromatic carbocycles. The molecule has 1 saturated heterocycles. The van der Waals surface area contributed by atoms with Crippen molar-refractivity contribution in [3.8, 4) is 11.3 Å². The first kappa shape index (κ1) is 25.5. The first-order valence-corrected chi connectivity index (χ1v) is 11.1. The van der Waals surface area contributed by atoms with Gasteiger partial charge in [0.05, 0.1) is 12.1 Å². The number of rotatable bonds is 7. The van der Waals surface area contributed by atoms with Crippen molar-refractivity contribution in [2.24, 2.45) is 0 Å². The second-order valence-electron chi connectivity index (χ2n) is 8.65. The van der Waals surface area contributed by atoms with Gasteiger partial charge in [-0.25, -0.2) is 0 Å². The molecular weight excluding hydrogens is 449 g/mol. The summed E-state index contributed by atoms with van der Waals surface area (Å²) >= 11 is 0. The fourth-order valence-electron chi connectivity index (χ4n) is 4.04. The van der Waals surface area contributed by atoms with E-state index in [2.05, 4.69) is 4.98 Å². The van der Waals surface area contributed by atoms with Gasteiger partial charge in [0.25, 0.3) is 5.91 Å². The van der Waals surface area contributed by atoms with Gasteiger partial charge >= 0.3 is 6.18 Å². The zero-order chi connectivity index (χ0) is 24.9. The van der Waals surface area contributed by atoms with Crippen LogP contribution in [0, 0.1) is 0 Å². The molecule has 0 bridgehead atoms. The molecule has 0 atom stereocenters. The number of aromatic nitrogens is 1. The molecule has 0 radical (unpaired) electrons. The summed E-state index contributed by atoms with van der Waals surface area (Å²) in [4.78, 5) is 32.0. The van der Waals surface area contributed by atoms with Gasteiger partial charge in [0.2, 0.25) is 0 Å². The lowest BCUT2D eigenvalue weighted by Gasteiger charge is -2.39. The number of amides is 2. The number of halogens is 3. The SMILES string of the molecule is CN(C)C(=O)c1ccc(-c2ccc(CN(CCC(F)(F)F)C3CCN(C(=O)[O-])CC3)cn2)cc1. The molecular formula is C24H28F3N4O3-. The van der Waals surface area contributed by atoms with E-state index in [1.165, 1.54) is 9.80 Å². The number of carboxylic acid groups (broad SMARTS) is 1. The molecule has 10 heteroatoms. The highest BCUT2D eigenvalue weighted by Crippen LogP contribution is 2.25. The second-order valence-corrected chi connectivity index (χ2v) is 8.65. The van der Waals surface area contributed by atoms with E-state index >= 15 is 0 Å². The van der Waals surface area contributed by atoms with Gasteiger partial charge in [0.15, 0.2) is 0 Å². The smallest absolute Gasteiger partial charge is 0.390 e. The predicted molar refractivity (Wildman–Crippen MR) is 119 cm³/mol. The number of carbonyl (C=O) groups is 2. The summed E-state index contributed by atoms with van der Waals surface area (Å²) in [5.74, 6) is -0.0979. The molecule has 0 aliphatic carbocycles. The topological polar surface area (TPSA) is 79.8 Å². The van der Waals surface area contributed by atoms with Gasteiger partial charge in [-0.2, -0.15) is 13.2 Å². The number of likely N-dealkylation sites (tertiary alicyclic amines) is 1. The quantitative estimate of drug-likeness (QED) is 0.613. The molecule has 1 aliphatic heterocycles. The average Bonchev–Trinajstić information content (AvgIpc) is 2.81. The predicted octanol–water partition coefficient (Wildman–Crippen LogP) is 3.01. The van der Waals surface area contributed by atoms with Crippen molar-refractivity contribution in [1.82, 2.24) is 19.7 Å². The molecule has 3 rings (SSSR count). The Labute approximate surface area is 196 Å². The van der Waals surface area contributed by atoms with Gasteiger partial charge < -0.3 is 19.7 Å². The van der Waals surface area contributed by atoms with Crippen LogP contribution in [-0.2, 0) is 6.54 Å². The summed E-state index contributed by atoms with van der Waals surface area (Å²) < 4.78 is 38.7. The van der Waals surface area contributed by atoms with E-state index in [0.29, 0.717) is 24.1 Å². The summed E-state index contributed by atoms with van der Waals surface area (Å²) in [6.07, 6.45) is -3.90. The molecule has 2 heterocycles. The summed E-state index contributed by atoms with van der Waals surface area (Å²) in [6, 6.07) is 10.5. The third-order valence-electron chi connectivity index (χ3n) is 5.97. The van der Waals surface area contributed by atoms with E-state index in [1.54, 1.807) is 55.5 Å². The molecule has 2 amide bonds. The molecule has 1 aromatic heterocycles. The molecule has 184 valence electrons. The van der Waals surface area contributed by atoms with Crippen LogP contribution in [0.15, 0.2) is 42.6 Å². The van der Waals surface area contributed by atoms with Crippen LogP contribution in [0.4, 0.5) is 18.0 Å². The summed E-state index contributed by atoms with van der Waals surface area (Å²) in [5, 5.41) is 11.0. The molecule has 1 fully saturated rings. The van der Waals surface area contributed by atoms with Crippen LogP contribution in [0.5, 0.6) is 0 Å². The van der Waals surface area contributed by atoms with Gasteiger partial charge in [-0.1, -0.05) is 18.2 Å². The largest absolute Gasteiger partial charge is 0.530 e. The third kappa shape index (κ3) is 6.93. The lowest BCUT2D eigenvalue weighted by Crippen LogP contribution is -2.50. The van der Waals surface area contributed by atoms with Crippen molar-refractivity contribution < 1.29 is 27.9 Å². The fraction of sp³-hybridized carbons (Fsp3) is 0.458. The van der Waals surface area contributed by atoms with Crippen molar-refractivity contribution in [3.63, 3.8) is 0 Å². The van der Waals surface area contributed by atoms with Crippen LogP contribution in [0.2, 0.25) is 0 Å². The molecule has 34 heavy (non-hydrogen) atoms. The Morgan fingerprint density at radius 1 is 1.09 bits per heavy atom. The van der Waals surface area contributed by atoms with Crippen LogP contribution in [-0.4, -0.2) is 77.6 Å². The Kier molecular flexibility index (Phi) is 8.14. The van der Waals surface area contributed by atoms with Crippen molar-refractivity contribution in [2.75, 3.05) is 33.7 Å². The maximum atomic E-state index is 12.9. The number of alkyl halides is 3. The van der Waals surface area contributed by atoms with Crippen molar-refractivity contribution in [3.05, 3.63) is 53.7 Å². The minimum atomic E-state index is -4.27. The van der Waals surface area contributed by atoms with Crippen LogP contribution in [0.25, 0.3) is 11.3 Å². The Bertz CT molecular complexity index is 970. The zero-order valence-electron chi connectivity index (χ0n) is 19.2. The fourth-order valence-corrected chi connectivity index (χ4v) is 4.04. The van der Waals surface area contributed by atoms with Gasteiger partial charge in [0, 0.05) is 63.6 Å². The lowest BCUT2D eigenvalue weighted by atomic mass is 10.0. The average molecular weight is 478 g/mol. The Morgan fingerprint density at radius 3 is 2.24 bits per heavy atom. The number of hydrogen-bond acceptors (Lipinski definition) is 5. The zero-order valence-corrected chi connectivity index (χ0v) is 19.2. The molecule has 0 N–H and O–H groups in total. The van der Waals surface area contributed by atoms with E-state index in [-0.39, 0.29) is 38.1 Å². The van der Waals surface area contributed by atoms with E-state index in [4.69, 9.17) is 0 Å². The van der Waals surface area contributed by atoms with Gasteiger partial charge in [-0.05, 0) is 36.6 Å². The van der Waals surface area contributed by atoms with E-state index in [1.807, 2.05) is 6.07 Å². The summed E-state index contributed by atoms with van der Waals surface area (Å²) in [7, 11) is 3.36. The number of carbonyl (C=O) groups excluding carboxylic acids is 2. The van der Waals surface area contributed by atoms with Crippen LogP contribution >= 0.6 is 0 Å². The van der Waals surface area contributed by atoms with Crippen LogP contribution in [0.1, 0.15) is 35.2 Å². The summed E-state index contributed by atoms with van der Waals surface area (Å²) in [5.41, 5.74) is 2.85. The van der Waals surface area contributed by atoms with E-state index < -0.39 is 18.7 Å². The van der Waals surface area contributed by atoms with E-state index in [9.17, 15) is 27.9 Å². The number of hydrogen-bond donors (Lipinski definition) is 0. The molecule has 0 saturated carbocycles. The van der Waals surface area contributed by atoms with Crippen molar-refractivity contribution >= 4 is 12.0 Å². The first-order chi connectivity index (χ1) is 16.0. The van der Waals surface area contributed by atoms with Gasteiger partial charge in [-0.15, -0.1) is 0 Å². The maximum Gasteiger partial charge on any atom is 0.390 e. The molecule has 7 nitrogen and oxygen atoms in total. The number of nitrogens with zero attached hydrogens (tertiary/aromatic N) is 4. The Morgan fingerprint density at radius 2 is 1.74 bits per heavy atom. The van der Waals surface area contributed by atoms with Gasteiger partial charge in [0.1, 0.15) is 6.09 Å². The highest BCUT2D eigenvalue weighted by molar-refractivity contribution is 5.94. The summed E-state index contributed by atoms with van der Waals surface area (Å²) in [6.45, 7) is 0.621. The standard InChI is InChI=1S/C24H29F3N4O3/c1-29(2)22(32)19-6-4-18(5-7-19)21-8-3-17(15-28-21)16-31(14-11-24(25,26)27)20-9-12-30(13-10-20)23(33)34/h3-8,15,20H,9-14,16H2,1-2H3,(H,33,34)/p-1. The third-order valence-corrected chi connectivity index (χ3v) is 5.97. The Balaban J connectivity index is 1.69. The first-order valence-electron chi connectivity index (χ1n) is 11.1. The molecule has 0 spiro atoms. The number of benzene rings is 1. The monoisotopic (exact) mass is 477 g/mol. The highest BCUT2D eigenvalue weighted by Gasteiger charge is 2.31. The minimum absolute atomic E-state index is 0.0979. The number of pyridine rings is 1. The minimum Gasteiger partial charge on any atom is -0.530 e. The lowest BCUT2D eigenvalue weighted by molar-refractivity contribution is -0.266. The maximum absolute atomic E-state index is 12.9. The van der Waals surface area contributed by atoms with Crippen molar-refractivity contribution in [1.29, 1.82) is 0 Å². The second kappa shape index (κ2) is 10.9. The van der Waals surface area contributed by atoms with Crippen LogP contribution < -0.4 is 5.11 Å². The Hall–Kier alpha value is -3.14. The highest BCUT2D eigenvalue weighted by atomic mass is 19.4. The molecule has 0 unspecified atom stereocenters. The van der Waals surface area contributed by atoms with Gasteiger partial charge in [-0.3, -0.25) is 14.7 Å². The van der Waals surface area contributed by atoms with Crippen LogP contribution in [0.3, 0.4) is 0 Å². The van der Waals surface area contributed by atoms with Crippen molar-refractivity contribution in [2.45, 2.75) is 38.0 Å². The molecule has 2 aromatic rings. The number of piperidine rings is 1.